The van der Waals surface area contributed by atoms with Gasteiger partial charge in [-0.05, 0) is 12.1 Å². The molecule has 0 saturated carbocycles. The highest BCUT2D eigenvalue weighted by Gasteiger charge is 2.39. The van der Waals surface area contributed by atoms with Crippen LogP contribution in [-0.2, 0) is 0 Å². The highest BCUT2D eigenvalue weighted by Crippen LogP contribution is 2.44. The number of rotatable bonds is 4. The van der Waals surface area contributed by atoms with Crippen molar-refractivity contribution in [3.63, 3.8) is 0 Å². The molecule has 6 nitrogen and oxygen atoms in total. The summed E-state index contributed by atoms with van der Waals surface area (Å²) in [5, 5.41) is 0. The van der Waals surface area contributed by atoms with Crippen molar-refractivity contribution in [1.82, 2.24) is 0 Å². The van der Waals surface area contributed by atoms with Crippen LogP contribution in [0.25, 0.3) is 0 Å². The first-order valence-electron chi connectivity index (χ1n) is 6.90. The maximum Gasteiger partial charge on any atom is 0.266 e. The normalized spacial score (nSPS) is 13.1. The van der Waals surface area contributed by atoms with Crippen LogP contribution in [0.1, 0.15) is 20.7 Å². The standard InChI is InChI=1S/C17H15NO5/c1-21-10-8-13(22-2)15(14(9-10)23-3)18-16(19)11-6-4-5-7-12(11)17(18)20/h4-9H,1-3H3. The summed E-state index contributed by atoms with van der Waals surface area (Å²) in [5.74, 6) is 0.310. The molecule has 6 heteroatoms. The van der Waals surface area contributed by atoms with Crippen LogP contribution in [0.3, 0.4) is 0 Å². The Bertz CT molecular complexity index is 739. The lowest BCUT2D eigenvalue weighted by atomic mass is 10.1. The van der Waals surface area contributed by atoms with E-state index in [1.165, 1.54) is 21.3 Å². The first-order chi connectivity index (χ1) is 11.1. The summed E-state index contributed by atoms with van der Waals surface area (Å²) in [5.41, 5.74) is 0.983. The number of benzene rings is 2. The minimum absolute atomic E-state index is 0.266. The Morgan fingerprint density at radius 3 is 1.65 bits per heavy atom. The van der Waals surface area contributed by atoms with E-state index in [4.69, 9.17) is 14.2 Å². The maximum atomic E-state index is 12.7. The lowest BCUT2D eigenvalue weighted by Gasteiger charge is -2.21. The molecule has 0 unspecified atom stereocenters. The molecule has 3 rings (SSSR count). The fraction of sp³-hybridized carbons (Fsp3) is 0.176. The molecule has 1 heterocycles. The fourth-order valence-corrected chi connectivity index (χ4v) is 2.60. The van der Waals surface area contributed by atoms with Crippen molar-refractivity contribution < 1.29 is 23.8 Å². The lowest BCUT2D eigenvalue weighted by molar-refractivity contribution is 0.0924. The molecule has 1 aliphatic heterocycles. The molecule has 0 N–H and O–H groups in total. The molecule has 1 aliphatic rings. The second-order valence-electron chi connectivity index (χ2n) is 4.87. The number of methoxy groups -OCH3 is 3. The Hall–Kier alpha value is -3.02. The van der Waals surface area contributed by atoms with E-state index in [2.05, 4.69) is 0 Å². The third-order valence-corrected chi connectivity index (χ3v) is 3.71. The van der Waals surface area contributed by atoms with Crippen LogP contribution >= 0.6 is 0 Å². The van der Waals surface area contributed by atoms with Gasteiger partial charge in [-0.25, -0.2) is 4.90 Å². The highest BCUT2D eigenvalue weighted by atomic mass is 16.5. The molecule has 0 aromatic heterocycles. The van der Waals surface area contributed by atoms with Gasteiger partial charge in [-0.15, -0.1) is 0 Å². The molecule has 0 spiro atoms. The van der Waals surface area contributed by atoms with E-state index in [-0.39, 0.29) is 5.69 Å². The van der Waals surface area contributed by atoms with Crippen molar-refractivity contribution in [2.45, 2.75) is 0 Å². The van der Waals surface area contributed by atoms with Gasteiger partial charge in [0.15, 0.2) is 11.5 Å². The minimum atomic E-state index is -0.410. The van der Waals surface area contributed by atoms with Gasteiger partial charge >= 0.3 is 0 Å². The highest BCUT2D eigenvalue weighted by molar-refractivity contribution is 6.35. The van der Waals surface area contributed by atoms with Gasteiger partial charge in [-0.2, -0.15) is 0 Å². The third-order valence-electron chi connectivity index (χ3n) is 3.71. The van der Waals surface area contributed by atoms with Crippen molar-refractivity contribution >= 4 is 17.5 Å². The molecule has 0 aliphatic carbocycles. The average Bonchev–Trinajstić information content (AvgIpc) is 2.85. The number of amides is 2. The number of anilines is 1. The Balaban J connectivity index is 2.20. The van der Waals surface area contributed by atoms with Crippen LogP contribution in [0, 0.1) is 0 Å². The summed E-state index contributed by atoms with van der Waals surface area (Å²) < 4.78 is 15.8. The number of hydrogen-bond donors (Lipinski definition) is 0. The van der Waals surface area contributed by atoms with Gasteiger partial charge in [-0.1, -0.05) is 12.1 Å². The lowest BCUT2D eigenvalue weighted by Crippen LogP contribution is -2.30. The molecular weight excluding hydrogens is 298 g/mol. The van der Waals surface area contributed by atoms with Crippen LogP contribution in [0.15, 0.2) is 36.4 Å². The second kappa shape index (κ2) is 5.64. The van der Waals surface area contributed by atoms with Gasteiger partial charge < -0.3 is 14.2 Å². The first kappa shape index (κ1) is 14.9. The maximum absolute atomic E-state index is 12.7. The van der Waals surface area contributed by atoms with E-state index in [1.807, 2.05) is 0 Å². The molecule has 0 saturated heterocycles. The number of hydrogen-bond acceptors (Lipinski definition) is 5. The van der Waals surface area contributed by atoms with Crippen LogP contribution in [0.5, 0.6) is 17.2 Å². The molecule has 23 heavy (non-hydrogen) atoms. The second-order valence-corrected chi connectivity index (χ2v) is 4.87. The average molecular weight is 313 g/mol. The van der Waals surface area contributed by atoms with Crippen molar-refractivity contribution in [2.75, 3.05) is 26.2 Å². The van der Waals surface area contributed by atoms with Gasteiger partial charge in [0, 0.05) is 12.1 Å². The van der Waals surface area contributed by atoms with E-state index >= 15 is 0 Å². The number of nitrogens with zero attached hydrogens (tertiary/aromatic N) is 1. The zero-order valence-electron chi connectivity index (χ0n) is 13.0. The van der Waals surface area contributed by atoms with E-state index in [1.54, 1.807) is 36.4 Å². The van der Waals surface area contributed by atoms with E-state index in [0.717, 1.165) is 4.90 Å². The van der Waals surface area contributed by atoms with Crippen LogP contribution < -0.4 is 19.1 Å². The predicted octanol–water partition coefficient (Wildman–Crippen LogP) is 2.51. The summed E-state index contributed by atoms with van der Waals surface area (Å²) in [7, 11) is 4.42. The van der Waals surface area contributed by atoms with E-state index in [0.29, 0.717) is 28.4 Å². The van der Waals surface area contributed by atoms with Crippen molar-refractivity contribution in [2.24, 2.45) is 0 Å². The van der Waals surface area contributed by atoms with Crippen LogP contribution in [-0.4, -0.2) is 33.1 Å². The number of ether oxygens (including phenoxy) is 3. The molecular formula is C17H15NO5. The largest absolute Gasteiger partial charge is 0.496 e. The zero-order chi connectivity index (χ0) is 16.6. The SMILES string of the molecule is COc1cc(OC)c(N2C(=O)c3ccccc3C2=O)c(OC)c1. The summed E-state index contributed by atoms with van der Waals surface area (Å²) in [6, 6.07) is 9.88. The topological polar surface area (TPSA) is 65.1 Å². The zero-order valence-corrected chi connectivity index (χ0v) is 13.0. The van der Waals surface area contributed by atoms with Gasteiger partial charge in [-0.3, -0.25) is 9.59 Å². The van der Waals surface area contributed by atoms with Crippen molar-refractivity contribution in [3.8, 4) is 17.2 Å². The van der Waals surface area contributed by atoms with E-state index in [9.17, 15) is 9.59 Å². The Labute approximate surface area is 133 Å². The van der Waals surface area contributed by atoms with Gasteiger partial charge in [0.05, 0.1) is 32.5 Å². The molecule has 0 bridgehead atoms. The fourth-order valence-electron chi connectivity index (χ4n) is 2.60. The molecule has 2 aromatic carbocycles. The monoisotopic (exact) mass is 313 g/mol. The summed E-state index contributed by atoms with van der Waals surface area (Å²) in [6.45, 7) is 0. The van der Waals surface area contributed by atoms with Crippen molar-refractivity contribution in [1.29, 1.82) is 0 Å². The third kappa shape index (κ3) is 2.19. The molecule has 0 fully saturated rings. The summed E-state index contributed by atoms with van der Waals surface area (Å²) in [4.78, 5) is 26.4. The molecule has 118 valence electrons. The molecule has 2 aromatic rings. The number of fused-ring (bicyclic) bond motifs is 1. The van der Waals surface area contributed by atoms with Gasteiger partial charge in [0.25, 0.3) is 11.8 Å². The molecule has 2 amide bonds. The number of imide groups is 1. The summed E-state index contributed by atoms with van der Waals surface area (Å²) in [6.07, 6.45) is 0. The molecule has 0 atom stereocenters. The first-order valence-corrected chi connectivity index (χ1v) is 6.90. The number of carbonyl (C=O) groups excluding carboxylic acids is 2. The minimum Gasteiger partial charge on any atom is -0.496 e. The Morgan fingerprint density at radius 2 is 1.26 bits per heavy atom. The quantitative estimate of drug-likeness (QED) is 0.812. The van der Waals surface area contributed by atoms with Crippen LogP contribution in [0.2, 0.25) is 0 Å². The van der Waals surface area contributed by atoms with Crippen molar-refractivity contribution in [3.05, 3.63) is 47.5 Å². The Morgan fingerprint density at radius 1 is 0.783 bits per heavy atom. The predicted molar refractivity (Wildman–Crippen MR) is 83.7 cm³/mol. The van der Waals surface area contributed by atoms with Crippen LogP contribution in [0.4, 0.5) is 5.69 Å². The smallest absolute Gasteiger partial charge is 0.266 e. The number of carbonyl (C=O) groups is 2. The Kier molecular flexibility index (Phi) is 3.65. The molecule has 0 radical (unpaired) electrons. The van der Waals surface area contributed by atoms with Gasteiger partial charge in [0.2, 0.25) is 0 Å². The summed E-state index contributed by atoms with van der Waals surface area (Å²) >= 11 is 0. The van der Waals surface area contributed by atoms with E-state index < -0.39 is 11.8 Å². The van der Waals surface area contributed by atoms with Gasteiger partial charge in [0.1, 0.15) is 11.4 Å².